The van der Waals surface area contributed by atoms with Gasteiger partial charge in [0.05, 0.1) is 26.5 Å². The number of para-hydroxylation sites is 1. The van der Waals surface area contributed by atoms with Crippen LogP contribution in [0.3, 0.4) is 0 Å². The molecule has 2 heterocycles. The molecule has 0 saturated carbocycles. The number of hydrogen-bond acceptors (Lipinski definition) is 5. The Morgan fingerprint density at radius 2 is 2.30 bits per heavy atom. The molecule has 1 fully saturated rings. The molecule has 0 aliphatic carbocycles. The van der Waals surface area contributed by atoms with Gasteiger partial charge >= 0.3 is 0 Å². The standard InChI is InChI=1S/C14H17N3O3/c1-18-13-10(11-7-16-17-14(11)15)3-2-4-12(13)20-9-5-6-19-8-9/h2-4,7,9H,5-6,8H2,1H3,(H3,15,16,17). The molecular weight excluding hydrogens is 258 g/mol. The predicted molar refractivity (Wildman–Crippen MR) is 74.8 cm³/mol. The smallest absolute Gasteiger partial charge is 0.168 e. The van der Waals surface area contributed by atoms with Gasteiger partial charge in [0, 0.05) is 17.5 Å². The molecule has 1 saturated heterocycles. The first-order valence-corrected chi connectivity index (χ1v) is 6.50. The molecule has 106 valence electrons. The zero-order chi connectivity index (χ0) is 13.9. The number of rotatable bonds is 4. The number of hydrogen-bond donors (Lipinski definition) is 2. The van der Waals surface area contributed by atoms with Gasteiger partial charge in [0.2, 0.25) is 0 Å². The molecule has 2 aromatic rings. The predicted octanol–water partition coefficient (Wildman–Crippen LogP) is 1.84. The summed E-state index contributed by atoms with van der Waals surface area (Å²) in [6.07, 6.45) is 2.64. The van der Waals surface area contributed by atoms with Gasteiger partial charge in [-0.1, -0.05) is 12.1 Å². The Hall–Kier alpha value is -2.21. The van der Waals surface area contributed by atoms with Crippen LogP contribution in [-0.2, 0) is 4.74 Å². The first kappa shape index (κ1) is 12.8. The van der Waals surface area contributed by atoms with Crippen molar-refractivity contribution in [1.82, 2.24) is 10.2 Å². The SMILES string of the molecule is COc1c(OC2CCOC2)cccc1-c1cn[nH]c1N. The summed E-state index contributed by atoms with van der Waals surface area (Å²) >= 11 is 0. The molecule has 1 aliphatic rings. The van der Waals surface area contributed by atoms with Crippen molar-refractivity contribution in [2.24, 2.45) is 0 Å². The van der Waals surface area contributed by atoms with Crippen LogP contribution in [0.15, 0.2) is 24.4 Å². The zero-order valence-electron chi connectivity index (χ0n) is 11.3. The average molecular weight is 275 g/mol. The fraction of sp³-hybridized carbons (Fsp3) is 0.357. The van der Waals surface area contributed by atoms with Gasteiger partial charge in [-0.05, 0) is 6.07 Å². The Morgan fingerprint density at radius 1 is 1.40 bits per heavy atom. The van der Waals surface area contributed by atoms with Crippen LogP contribution in [0, 0.1) is 0 Å². The van der Waals surface area contributed by atoms with E-state index in [0.29, 0.717) is 23.9 Å². The van der Waals surface area contributed by atoms with Gasteiger partial charge < -0.3 is 19.9 Å². The van der Waals surface area contributed by atoms with Crippen LogP contribution in [0.4, 0.5) is 5.82 Å². The number of anilines is 1. The Morgan fingerprint density at radius 3 is 2.95 bits per heavy atom. The minimum absolute atomic E-state index is 0.0702. The third-order valence-corrected chi connectivity index (χ3v) is 3.32. The quantitative estimate of drug-likeness (QED) is 0.889. The van der Waals surface area contributed by atoms with Crippen molar-refractivity contribution >= 4 is 5.82 Å². The number of H-pyrrole nitrogens is 1. The minimum Gasteiger partial charge on any atom is -0.492 e. The Labute approximate surface area is 116 Å². The van der Waals surface area contributed by atoms with Crippen molar-refractivity contribution in [2.75, 3.05) is 26.1 Å². The lowest BCUT2D eigenvalue weighted by molar-refractivity contribution is 0.139. The van der Waals surface area contributed by atoms with Gasteiger partial charge in [0.15, 0.2) is 11.5 Å². The van der Waals surface area contributed by atoms with Crippen molar-refractivity contribution in [3.05, 3.63) is 24.4 Å². The number of nitrogens with one attached hydrogen (secondary N) is 1. The van der Waals surface area contributed by atoms with Gasteiger partial charge in [-0.25, -0.2) is 0 Å². The maximum atomic E-state index is 5.95. The molecule has 6 heteroatoms. The summed E-state index contributed by atoms with van der Waals surface area (Å²) in [5.74, 6) is 1.86. The van der Waals surface area contributed by atoms with E-state index in [1.54, 1.807) is 13.3 Å². The largest absolute Gasteiger partial charge is 0.492 e. The molecule has 1 unspecified atom stereocenters. The molecule has 20 heavy (non-hydrogen) atoms. The van der Waals surface area contributed by atoms with E-state index < -0.39 is 0 Å². The van der Waals surface area contributed by atoms with E-state index >= 15 is 0 Å². The lowest BCUT2D eigenvalue weighted by Gasteiger charge is -2.17. The lowest BCUT2D eigenvalue weighted by atomic mass is 10.1. The second kappa shape index (κ2) is 5.42. The number of aromatic nitrogens is 2. The van der Waals surface area contributed by atoms with Crippen LogP contribution in [0.1, 0.15) is 6.42 Å². The first-order valence-electron chi connectivity index (χ1n) is 6.50. The molecule has 1 aliphatic heterocycles. The maximum Gasteiger partial charge on any atom is 0.168 e. The van der Waals surface area contributed by atoms with Crippen molar-refractivity contribution < 1.29 is 14.2 Å². The van der Waals surface area contributed by atoms with Gasteiger partial charge in [0.25, 0.3) is 0 Å². The molecule has 3 rings (SSSR count). The molecule has 1 aromatic carbocycles. The monoisotopic (exact) mass is 275 g/mol. The summed E-state index contributed by atoms with van der Waals surface area (Å²) in [6.45, 7) is 1.35. The molecule has 0 radical (unpaired) electrons. The first-order chi connectivity index (χ1) is 9.79. The number of methoxy groups -OCH3 is 1. The van der Waals surface area contributed by atoms with Crippen LogP contribution in [0.2, 0.25) is 0 Å². The van der Waals surface area contributed by atoms with E-state index in [-0.39, 0.29) is 6.10 Å². The van der Waals surface area contributed by atoms with E-state index in [4.69, 9.17) is 19.9 Å². The number of nitrogen functional groups attached to an aromatic ring is 1. The molecule has 3 N–H and O–H groups in total. The van der Waals surface area contributed by atoms with Crippen LogP contribution < -0.4 is 15.2 Å². The molecule has 1 aromatic heterocycles. The van der Waals surface area contributed by atoms with Gasteiger partial charge in [0.1, 0.15) is 11.9 Å². The fourth-order valence-electron chi connectivity index (χ4n) is 2.33. The molecule has 0 bridgehead atoms. The Balaban J connectivity index is 1.97. The van der Waals surface area contributed by atoms with E-state index in [0.717, 1.165) is 24.2 Å². The number of benzene rings is 1. The summed E-state index contributed by atoms with van der Waals surface area (Å²) < 4.78 is 16.8. The highest BCUT2D eigenvalue weighted by Gasteiger charge is 2.21. The topological polar surface area (TPSA) is 82.4 Å². The van der Waals surface area contributed by atoms with Crippen molar-refractivity contribution in [3.63, 3.8) is 0 Å². The second-order valence-electron chi connectivity index (χ2n) is 4.64. The summed E-state index contributed by atoms with van der Waals surface area (Å²) in [6, 6.07) is 5.73. The van der Waals surface area contributed by atoms with Gasteiger partial charge in [-0.15, -0.1) is 0 Å². The summed E-state index contributed by atoms with van der Waals surface area (Å²) in [5, 5.41) is 6.66. The van der Waals surface area contributed by atoms with E-state index in [9.17, 15) is 0 Å². The average Bonchev–Trinajstić information content (AvgIpc) is 3.10. The number of nitrogens with zero attached hydrogens (tertiary/aromatic N) is 1. The second-order valence-corrected chi connectivity index (χ2v) is 4.64. The third-order valence-electron chi connectivity index (χ3n) is 3.32. The van der Waals surface area contributed by atoms with E-state index in [2.05, 4.69) is 10.2 Å². The Bertz CT molecular complexity index is 591. The van der Waals surface area contributed by atoms with Crippen molar-refractivity contribution in [1.29, 1.82) is 0 Å². The van der Waals surface area contributed by atoms with Gasteiger partial charge in [-0.3, -0.25) is 5.10 Å². The molecular formula is C14H17N3O3. The van der Waals surface area contributed by atoms with Crippen LogP contribution in [-0.4, -0.2) is 36.6 Å². The van der Waals surface area contributed by atoms with E-state index in [1.165, 1.54) is 0 Å². The Kier molecular flexibility index (Phi) is 3.47. The third kappa shape index (κ3) is 2.30. The highest BCUT2D eigenvalue weighted by molar-refractivity contribution is 5.80. The molecule has 6 nitrogen and oxygen atoms in total. The van der Waals surface area contributed by atoms with Crippen LogP contribution in [0.25, 0.3) is 11.1 Å². The molecule has 0 spiro atoms. The van der Waals surface area contributed by atoms with Crippen molar-refractivity contribution in [2.45, 2.75) is 12.5 Å². The zero-order valence-corrected chi connectivity index (χ0v) is 11.3. The lowest BCUT2D eigenvalue weighted by Crippen LogP contribution is -2.16. The normalized spacial score (nSPS) is 18.1. The minimum atomic E-state index is 0.0702. The molecule has 0 amide bonds. The fourth-order valence-corrected chi connectivity index (χ4v) is 2.33. The maximum absolute atomic E-state index is 5.95. The highest BCUT2D eigenvalue weighted by Crippen LogP contribution is 2.40. The van der Waals surface area contributed by atoms with Crippen LogP contribution in [0.5, 0.6) is 11.5 Å². The number of aromatic amines is 1. The number of nitrogens with two attached hydrogens (primary N) is 1. The highest BCUT2D eigenvalue weighted by atomic mass is 16.6. The summed E-state index contributed by atoms with van der Waals surface area (Å²) in [4.78, 5) is 0. The van der Waals surface area contributed by atoms with Crippen molar-refractivity contribution in [3.8, 4) is 22.6 Å². The summed E-state index contributed by atoms with van der Waals surface area (Å²) in [7, 11) is 1.62. The van der Waals surface area contributed by atoms with E-state index in [1.807, 2.05) is 18.2 Å². The molecule has 1 atom stereocenters. The number of ether oxygens (including phenoxy) is 3. The van der Waals surface area contributed by atoms with Gasteiger partial charge in [-0.2, -0.15) is 5.10 Å². The summed E-state index contributed by atoms with van der Waals surface area (Å²) in [5.41, 5.74) is 7.53. The van der Waals surface area contributed by atoms with Crippen LogP contribution >= 0.6 is 0 Å².